The van der Waals surface area contributed by atoms with Gasteiger partial charge in [-0.3, -0.25) is 0 Å². The van der Waals surface area contributed by atoms with Gasteiger partial charge in [0.05, 0.1) is 0 Å². The van der Waals surface area contributed by atoms with Gasteiger partial charge in [0.15, 0.2) is 12.4 Å². The zero-order valence-corrected chi connectivity index (χ0v) is 12.6. The highest BCUT2D eigenvalue weighted by atomic mass is 16.5. The molecule has 0 amide bonds. The Morgan fingerprint density at radius 3 is 2.95 bits per heavy atom. The highest BCUT2D eigenvalue weighted by Crippen LogP contribution is 2.24. The molecule has 2 aromatic rings. The van der Waals surface area contributed by atoms with Crippen LogP contribution in [0.1, 0.15) is 42.6 Å². The number of benzene rings is 1. The van der Waals surface area contributed by atoms with Crippen LogP contribution in [0.2, 0.25) is 0 Å². The molecule has 0 spiro atoms. The number of aryl methyl sites for hydroxylation is 2. The SMILES string of the molecule is CCc1noc(COc2ccc(C)cc2CNC2CC2)n1. The summed E-state index contributed by atoms with van der Waals surface area (Å²) < 4.78 is 11.0. The van der Waals surface area contributed by atoms with E-state index in [1.807, 2.05) is 13.0 Å². The van der Waals surface area contributed by atoms with Crippen molar-refractivity contribution in [3.63, 3.8) is 0 Å². The van der Waals surface area contributed by atoms with Gasteiger partial charge in [-0.2, -0.15) is 4.98 Å². The van der Waals surface area contributed by atoms with Crippen molar-refractivity contribution < 1.29 is 9.26 Å². The minimum Gasteiger partial charge on any atom is -0.483 e. The van der Waals surface area contributed by atoms with Crippen molar-refractivity contribution in [2.75, 3.05) is 0 Å². The van der Waals surface area contributed by atoms with E-state index in [1.165, 1.54) is 24.0 Å². The second-order valence-electron chi connectivity index (χ2n) is 5.51. The highest BCUT2D eigenvalue weighted by Gasteiger charge is 2.20. The lowest BCUT2D eigenvalue weighted by Gasteiger charge is -2.11. The Balaban J connectivity index is 1.65. The number of hydrogen-bond donors (Lipinski definition) is 1. The van der Waals surface area contributed by atoms with Crippen molar-refractivity contribution in [2.24, 2.45) is 0 Å². The van der Waals surface area contributed by atoms with Gasteiger partial charge in [-0.05, 0) is 25.8 Å². The Hall–Kier alpha value is -1.88. The summed E-state index contributed by atoms with van der Waals surface area (Å²) in [6, 6.07) is 6.91. The van der Waals surface area contributed by atoms with Crippen LogP contribution in [0.25, 0.3) is 0 Å². The molecule has 21 heavy (non-hydrogen) atoms. The van der Waals surface area contributed by atoms with E-state index in [1.54, 1.807) is 0 Å². The van der Waals surface area contributed by atoms with Crippen molar-refractivity contribution in [1.82, 2.24) is 15.5 Å². The third kappa shape index (κ3) is 3.82. The molecule has 5 heteroatoms. The summed E-state index contributed by atoms with van der Waals surface area (Å²) in [5, 5.41) is 7.39. The quantitative estimate of drug-likeness (QED) is 0.848. The molecule has 1 heterocycles. The molecule has 3 rings (SSSR count). The Morgan fingerprint density at radius 1 is 1.38 bits per heavy atom. The normalized spacial score (nSPS) is 14.4. The number of rotatable bonds is 7. The van der Waals surface area contributed by atoms with Crippen LogP contribution in [0.5, 0.6) is 5.75 Å². The van der Waals surface area contributed by atoms with Crippen molar-refractivity contribution in [3.8, 4) is 5.75 Å². The van der Waals surface area contributed by atoms with Gasteiger partial charge in [0, 0.05) is 24.6 Å². The lowest BCUT2D eigenvalue weighted by molar-refractivity contribution is 0.240. The average Bonchev–Trinajstić information content (AvgIpc) is 3.21. The first-order chi connectivity index (χ1) is 10.2. The van der Waals surface area contributed by atoms with E-state index in [4.69, 9.17) is 9.26 Å². The summed E-state index contributed by atoms with van der Waals surface area (Å²) in [5.41, 5.74) is 2.41. The average molecular weight is 287 g/mol. The fourth-order valence-corrected chi connectivity index (χ4v) is 2.16. The molecule has 1 saturated carbocycles. The lowest BCUT2D eigenvalue weighted by Crippen LogP contribution is -2.16. The molecule has 1 N–H and O–H groups in total. The molecular weight excluding hydrogens is 266 g/mol. The Labute approximate surface area is 124 Å². The number of hydrogen-bond acceptors (Lipinski definition) is 5. The second kappa shape index (κ2) is 6.26. The zero-order valence-electron chi connectivity index (χ0n) is 12.6. The maximum Gasteiger partial charge on any atom is 0.264 e. The highest BCUT2D eigenvalue weighted by molar-refractivity contribution is 5.37. The summed E-state index contributed by atoms with van der Waals surface area (Å²) in [7, 11) is 0. The summed E-state index contributed by atoms with van der Waals surface area (Å²) in [5.74, 6) is 2.12. The summed E-state index contributed by atoms with van der Waals surface area (Å²) >= 11 is 0. The van der Waals surface area contributed by atoms with Crippen molar-refractivity contribution in [2.45, 2.75) is 52.3 Å². The molecule has 5 nitrogen and oxygen atoms in total. The van der Waals surface area contributed by atoms with E-state index in [0.717, 1.165) is 18.7 Å². The monoisotopic (exact) mass is 287 g/mol. The molecule has 1 aliphatic carbocycles. The van der Waals surface area contributed by atoms with Gasteiger partial charge in [-0.1, -0.05) is 29.8 Å². The number of aromatic nitrogens is 2. The molecule has 1 fully saturated rings. The third-order valence-corrected chi connectivity index (χ3v) is 3.55. The first-order valence-electron chi connectivity index (χ1n) is 7.51. The topological polar surface area (TPSA) is 60.2 Å². The van der Waals surface area contributed by atoms with Crippen molar-refractivity contribution in [1.29, 1.82) is 0 Å². The van der Waals surface area contributed by atoms with E-state index >= 15 is 0 Å². The smallest absolute Gasteiger partial charge is 0.264 e. The summed E-state index contributed by atoms with van der Waals surface area (Å²) in [6.45, 7) is 5.24. The van der Waals surface area contributed by atoms with Crippen molar-refractivity contribution in [3.05, 3.63) is 41.0 Å². The van der Waals surface area contributed by atoms with E-state index in [-0.39, 0.29) is 0 Å². The predicted molar refractivity (Wildman–Crippen MR) is 79.0 cm³/mol. The standard InChI is InChI=1S/C16H21N3O2/c1-3-15-18-16(21-19-15)10-20-14-7-4-11(2)8-12(14)9-17-13-5-6-13/h4,7-8,13,17H,3,5-6,9-10H2,1-2H3. The molecule has 0 unspecified atom stereocenters. The van der Waals surface area contributed by atoms with Gasteiger partial charge in [0.25, 0.3) is 5.89 Å². The Morgan fingerprint density at radius 2 is 2.24 bits per heavy atom. The molecule has 0 aliphatic heterocycles. The maximum atomic E-state index is 5.85. The van der Waals surface area contributed by atoms with E-state index < -0.39 is 0 Å². The molecule has 0 bridgehead atoms. The van der Waals surface area contributed by atoms with Gasteiger partial charge < -0.3 is 14.6 Å². The predicted octanol–water partition coefficient (Wildman–Crippen LogP) is 2.77. The molecule has 0 radical (unpaired) electrons. The van der Waals surface area contributed by atoms with Gasteiger partial charge in [-0.25, -0.2) is 0 Å². The molecule has 1 aliphatic rings. The Bertz CT molecular complexity index is 605. The third-order valence-electron chi connectivity index (χ3n) is 3.55. The second-order valence-corrected chi connectivity index (χ2v) is 5.51. The van der Waals surface area contributed by atoms with Gasteiger partial charge in [0.1, 0.15) is 5.75 Å². The summed E-state index contributed by atoms with van der Waals surface area (Å²) in [6.07, 6.45) is 3.33. The van der Waals surface area contributed by atoms with Crippen LogP contribution in [0.15, 0.2) is 22.7 Å². The van der Waals surface area contributed by atoms with Gasteiger partial charge in [-0.15, -0.1) is 0 Å². The van der Waals surface area contributed by atoms with Crippen molar-refractivity contribution >= 4 is 0 Å². The van der Waals surface area contributed by atoms with E-state index in [9.17, 15) is 0 Å². The van der Waals surface area contributed by atoms with Gasteiger partial charge >= 0.3 is 0 Å². The molecule has 0 atom stereocenters. The van der Waals surface area contributed by atoms with E-state index in [2.05, 4.69) is 34.5 Å². The fourth-order valence-electron chi connectivity index (χ4n) is 2.16. The molecule has 0 saturated heterocycles. The molecule has 112 valence electrons. The number of ether oxygens (including phenoxy) is 1. The fraction of sp³-hybridized carbons (Fsp3) is 0.500. The molecule has 1 aromatic carbocycles. The maximum absolute atomic E-state index is 5.85. The van der Waals surface area contributed by atoms with Crippen LogP contribution in [0.3, 0.4) is 0 Å². The molecule has 1 aromatic heterocycles. The lowest BCUT2D eigenvalue weighted by atomic mass is 10.1. The van der Waals surface area contributed by atoms with Gasteiger partial charge in [0.2, 0.25) is 0 Å². The minimum atomic E-state index is 0.312. The Kier molecular flexibility index (Phi) is 4.20. The largest absolute Gasteiger partial charge is 0.483 e. The van der Waals surface area contributed by atoms with Crippen LogP contribution in [-0.2, 0) is 19.6 Å². The van der Waals surface area contributed by atoms with Crippen LogP contribution in [0.4, 0.5) is 0 Å². The number of nitrogens with zero attached hydrogens (tertiary/aromatic N) is 2. The minimum absolute atomic E-state index is 0.312. The first-order valence-corrected chi connectivity index (χ1v) is 7.51. The first kappa shape index (κ1) is 14.1. The van der Waals surface area contributed by atoms with Crippen LogP contribution >= 0.6 is 0 Å². The summed E-state index contributed by atoms with van der Waals surface area (Å²) in [4.78, 5) is 4.26. The van der Waals surface area contributed by atoms with Crippen LogP contribution in [-0.4, -0.2) is 16.2 Å². The molecular formula is C16H21N3O2. The van der Waals surface area contributed by atoms with Crippen LogP contribution < -0.4 is 10.1 Å². The number of nitrogens with one attached hydrogen (secondary N) is 1. The zero-order chi connectivity index (χ0) is 14.7. The van der Waals surface area contributed by atoms with E-state index in [0.29, 0.717) is 24.4 Å². The van der Waals surface area contributed by atoms with Crippen LogP contribution in [0, 0.1) is 6.92 Å².